The Hall–Kier alpha value is -1.52. The summed E-state index contributed by atoms with van der Waals surface area (Å²) in [6.07, 6.45) is 4.08. The molecular weight excluding hydrogens is 234 g/mol. The Bertz CT molecular complexity index is 278. The molecule has 0 bridgehead atoms. The third-order valence-corrected chi connectivity index (χ3v) is 2.64. The molecule has 1 N–H and O–H groups in total. The highest BCUT2D eigenvalue weighted by atomic mass is 16.6. The second-order valence-corrected chi connectivity index (χ2v) is 4.00. The molecule has 0 saturated heterocycles. The van der Waals surface area contributed by atoms with Gasteiger partial charge in [-0.1, -0.05) is 38.8 Å². The smallest absolute Gasteiger partial charge is 0.410 e. The molecule has 0 fully saturated rings. The molecular formula is C13H23NO4. The minimum absolute atomic E-state index is 0.0939. The Kier molecular flexibility index (Phi) is 8.70. The largest absolute Gasteiger partial charge is 0.480 e. The van der Waals surface area contributed by atoms with Crippen molar-refractivity contribution in [2.75, 3.05) is 13.2 Å². The van der Waals surface area contributed by atoms with Gasteiger partial charge in [0.1, 0.15) is 12.6 Å². The van der Waals surface area contributed by atoms with Gasteiger partial charge in [0, 0.05) is 6.54 Å². The fraction of sp³-hybridized carbons (Fsp3) is 0.692. The summed E-state index contributed by atoms with van der Waals surface area (Å²) in [5.74, 6) is -0.983. The highest BCUT2D eigenvalue weighted by Gasteiger charge is 2.28. The molecule has 5 heteroatoms. The van der Waals surface area contributed by atoms with E-state index in [9.17, 15) is 14.7 Å². The molecule has 0 saturated carbocycles. The van der Waals surface area contributed by atoms with Gasteiger partial charge in [0.2, 0.25) is 0 Å². The fourth-order valence-corrected chi connectivity index (χ4v) is 1.69. The van der Waals surface area contributed by atoms with Crippen molar-refractivity contribution >= 4 is 12.1 Å². The first-order chi connectivity index (χ1) is 8.58. The van der Waals surface area contributed by atoms with Gasteiger partial charge < -0.3 is 9.84 Å². The summed E-state index contributed by atoms with van der Waals surface area (Å²) in [4.78, 5) is 24.2. The Balaban J connectivity index is 4.54. The Morgan fingerprint density at radius 2 is 2.06 bits per heavy atom. The van der Waals surface area contributed by atoms with Gasteiger partial charge in [-0.05, 0) is 13.3 Å². The first kappa shape index (κ1) is 16.5. The van der Waals surface area contributed by atoms with Crippen LogP contribution in [0.2, 0.25) is 0 Å². The lowest BCUT2D eigenvalue weighted by atomic mass is 10.1. The summed E-state index contributed by atoms with van der Waals surface area (Å²) < 4.78 is 4.89. The van der Waals surface area contributed by atoms with E-state index in [1.807, 2.05) is 6.92 Å². The molecule has 0 aliphatic carbocycles. The highest BCUT2D eigenvalue weighted by Crippen LogP contribution is 2.12. The Morgan fingerprint density at radius 1 is 1.39 bits per heavy atom. The van der Waals surface area contributed by atoms with E-state index in [0.29, 0.717) is 13.0 Å². The molecule has 1 unspecified atom stereocenters. The van der Waals surface area contributed by atoms with Gasteiger partial charge in [0.25, 0.3) is 0 Å². The van der Waals surface area contributed by atoms with Gasteiger partial charge in [-0.2, -0.15) is 0 Å². The minimum atomic E-state index is -0.983. The molecule has 0 aromatic heterocycles. The molecule has 5 nitrogen and oxygen atoms in total. The van der Waals surface area contributed by atoms with Crippen molar-refractivity contribution in [1.29, 1.82) is 0 Å². The lowest BCUT2D eigenvalue weighted by Gasteiger charge is -2.26. The number of hydrogen-bond donors (Lipinski definition) is 1. The molecule has 0 spiro atoms. The van der Waals surface area contributed by atoms with Gasteiger partial charge in [0.05, 0.1) is 0 Å². The van der Waals surface area contributed by atoms with Crippen molar-refractivity contribution in [3.8, 4) is 0 Å². The van der Waals surface area contributed by atoms with Crippen LogP contribution in [0.4, 0.5) is 4.79 Å². The van der Waals surface area contributed by atoms with E-state index in [2.05, 4.69) is 6.58 Å². The molecule has 1 amide bonds. The third-order valence-electron chi connectivity index (χ3n) is 2.64. The van der Waals surface area contributed by atoms with E-state index in [0.717, 1.165) is 19.3 Å². The normalized spacial score (nSPS) is 11.7. The first-order valence-electron chi connectivity index (χ1n) is 6.35. The second-order valence-electron chi connectivity index (χ2n) is 4.00. The molecule has 0 aliphatic rings. The van der Waals surface area contributed by atoms with E-state index in [1.54, 1.807) is 6.92 Å². The van der Waals surface area contributed by atoms with Gasteiger partial charge in [-0.25, -0.2) is 9.59 Å². The molecule has 0 aliphatic heterocycles. The van der Waals surface area contributed by atoms with E-state index >= 15 is 0 Å². The predicted octanol–water partition coefficient (Wildman–Crippen LogP) is 2.66. The monoisotopic (exact) mass is 257 g/mol. The number of ether oxygens (including phenoxy) is 1. The number of unbranched alkanes of at least 4 members (excludes halogenated alkanes) is 2. The second kappa shape index (κ2) is 9.50. The van der Waals surface area contributed by atoms with Crippen LogP contribution < -0.4 is 0 Å². The number of likely N-dealkylation sites (N-methyl/N-ethyl adjacent to an activating group) is 1. The average Bonchev–Trinajstić information content (AvgIpc) is 2.35. The van der Waals surface area contributed by atoms with Crippen LogP contribution in [0.15, 0.2) is 12.7 Å². The molecule has 0 aromatic rings. The highest BCUT2D eigenvalue weighted by molar-refractivity contribution is 5.80. The standard InChI is InChI=1S/C13H23NO4/c1-4-7-8-9-11(12(15)16)14(6-3)13(17)18-10-5-2/h5,11H,2,4,6-10H2,1,3H3,(H,15,16). The maximum atomic E-state index is 11.7. The average molecular weight is 257 g/mol. The van der Waals surface area contributed by atoms with E-state index < -0.39 is 18.1 Å². The van der Waals surface area contributed by atoms with E-state index in [4.69, 9.17) is 4.74 Å². The van der Waals surface area contributed by atoms with Crippen LogP contribution in [0, 0.1) is 0 Å². The third kappa shape index (κ3) is 5.70. The SMILES string of the molecule is C=CCOC(=O)N(CC)C(CCCCC)C(=O)O. The van der Waals surface area contributed by atoms with Crippen LogP contribution in [-0.2, 0) is 9.53 Å². The zero-order chi connectivity index (χ0) is 14.0. The number of carbonyl (C=O) groups is 2. The number of rotatable bonds is 9. The minimum Gasteiger partial charge on any atom is -0.480 e. The van der Waals surface area contributed by atoms with Crippen LogP contribution in [-0.4, -0.2) is 41.3 Å². The molecule has 0 radical (unpaired) electrons. The number of carboxylic acid groups (broad SMARTS) is 1. The first-order valence-corrected chi connectivity index (χ1v) is 6.35. The van der Waals surface area contributed by atoms with Crippen molar-refractivity contribution in [2.45, 2.75) is 45.6 Å². The zero-order valence-corrected chi connectivity index (χ0v) is 11.2. The number of amides is 1. The summed E-state index contributed by atoms with van der Waals surface area (Å²) in [5.41, 5.74) is 0. The predicted molar refractivity (Wildman–Crippen MR) is 69.5 cm³/mol. The van der Waals surface area contributed by atoms with Crippen LogP contribution in [0.3, 0.4) is 0 Å². The zero-order valence-electron chi connectivity index (χ0n) is 11.2. The van der Waals surface area contributed by atoms with Gasteiger partial charge in [-0.3, -0.25) is 4.90 Å². The van der Waals surface area contributed by atoms with Crippen LogP contribution >= 0.6 is 0 Å². The van der Waals surface area contributed by atoms with Crippen molar-refractivity contribution in [3.05, 3.63) is 12.7 Å². The van der Waals surface area contributed by atoms with Crippen molar-refractivity contribution in [3.63, 3.8) is 0 Å². The number of aliphatic carboxylic acids is 1. The van der Waals surface area contributed by atoms with Crippen LogP contribution in [0.25, 0.3) is 0 Å². The molecule has 104 valence electrons. The molecule has 0 heterocycles. The Labute approximate surface area is 108 Å². The fourth-order valence-electron chi connectivity index (χ4n) is 1.69. The number of hydrogen-bond acceptors (Lipinski definition) is 3. The van der Waals surface area contributed by atoms with Gasteiger partial charge >= 0.3 is 12.1 Å². The van der Waals surface area contributed by atoms with Gasteiger partial charge in [-0.15, -0.1) is 0 Å². The van der Waals surface area contributed by atoms with Gasteiger partial charge in [0.15, 0.2) is 0 Å². The number of nitrogens with zero attached hydrogens (tertiary/aromatic N) is 1. The summed E-state index contributed by atoms with van der Waals surface area (Å²) in [6.45, 7) is 7.65. The summed E-state index contributed by atoms with van der Waals surface area (Å²) in [6, 6.07) is -0.807. The quantitative estimate of drug-likeness (QED) is 0.509. The Morgan fingerprint density at radius 3 is 2.50 bits per heavy atom. The molecule has 1 atom stereocenters. The lowest BCUT2D eigenvalue weighted by molar-refractivity contribution is -0.143. The van der Waals surface area contributed by atoms with Crippen LogP contribution in [0.5, 0.6) is 0 Å². The summed E-state index contributed by atoms with van der Waals surface area (Å²) in [5, 5.41) is 9.18. The molecule has 0 rings (SSSR count). The summed E-state index contributed by atoms with van der Waals surface area (Å²) in [7, 11) is 0. The molecule has 0 aromatic carbocycles. The maximum absolute atomic E-state index is 11.7. The molecule has 18 heavy (non-hydrogen) atoms. The number of carbonyl (C=O) groups excluding carboxylic acids is 1. The van der Waals surface area contributed by atoms with Crippen molar-refractivity contribution in [1.82, 2.24) is 4.90 Å². The van der Waals surface area contributed by atoms with Crippen molar-refractivity contribution < 1.29 is 19.4 Å². The lowest BCUT2D eigenvalue weighted by Crippen LogP contribution is -2.45. The topological polar surface area (TPSA) is 66.8 Å². The number of carboxylic acids is 1. The van der Waals surface area contributed by atoms with Crippen LogP contribution in [0.1, 0.15) is 39.5 Å². The van der Waals surface area contributed by atoms with E-state index in [-0.39, 0.29) is 6.61 Å². The maximum Gasteiger partial charge on any atom is 0.410 e. The summed E-state index contributed by atoms with van der Waals surface area (Å²) >= 11 is 0. The van der Waals surface area contributed by atoms with E-state index in [1.165, 1.54) is 11.0 Å². The van der Waals surface area contributed by atoms with Crippen molar-refractivity contribution in [2.24, 2.45) is 0 Å².